The average molecular weight is 293 g/mol. The molecule has 0 spiro atoms. The number of aromatic nitrogens is 2. The minimum absolute atomic E-state index is 0.000970. The van der Waals surface area contributed by atoms with Gasteiger partial charge >= 0.3 is 0 Å². The van der Waals surface area contributed by atoms with E-state index in [1.54, 1.807) is 17.4 Å². The number of rotatable bonds is 6. The van der Waals surface area contributed by atoms with E-state index in [9.17, 15) is 9.90 Å². The van der Waals surface area contributed by atoms with Gasteiger partial charge in [-0.1, -0.05) is 26.2 Å². The third-order valence-electron chi connectivity index (χ3n) is 4.70. The Morgan fingerprint density at radius 3 is 2.76 bits per heavy atom. The smallest absolute Gasteiger partial charge is 0.226 e. The zero-order valence-corrected chi connectivity index (χ0v) is 13.2. The van der Waals surface area contributed by atoms with Crippen LogP contribution < -0.4 is 0 Å². The maximum atomic E-state index is 12.8. The zero-order chi connectivity index (χ0) is 15.2. The van der Waals surface area contributed by atoms with Gasteiger partial charge in [0.25, 0.3) is 0 Å². The van der Waals surface area contributed by atoms with Crippen LogP contribution in [0.15, 0.2) is 12.5 Å². The van der Waals surface area contributed by atoms with Crippen molar-refractivity contribution in [3.8, 4) is 0 Å². The lowest BCUT2D eigenvalue weighted by Gasteiger charge is -2.31. The summed E-state index contributed by atoms with van der Waals surface area (Å²) in [6.07, 6.45) is 9.61. The molecule has 21 heavy (non-hydrogen) atoms. The van der Waals surface area contributed by atoms with Gasteiger partial charge in [-0.25, -0.2) is 4.98 Å². The number of aliphatic hydroxyl groups is 1. The molecule has 1 atom stereocenters. The minimum atomic E-state index is 0.000970. The Hall–Kier alpha value is -1.36. The molecule has 1 aliphatic carbocycles. The summed E-state index contributed by atoms with van der Waals surface area (Å²) in [5.41, 5.74) is 0.993. The summed E-state index contributed by atoms with van der Waals surface area (Å²) >= 11 is 0. The molecule has 5 heteroatoms. The lowest BCUT2D eigenvalue weighted by atomic mass is 9.80. The minimum Gasteiger partial charge on any atom is -0.395 e. The van der Waals surface area contributed by atoms with Crippen LogP contribution in [0.5, 0.6) is 0 Å². The van der Waals surface area contributed by atoms with Gasteiger partial charge in [-0.3, -0.25) is 4.79 Å². The molecule has 0 radical (unpaired) electrons. The van der Waals surface area contributed by atoms with E-state index in [4.69, 9.17) is 0 Å². The molecule has 0 saturated heterocycles. The average Bonchev–Trinajstić information content (AvgIpc) is 2.91. The van der Waals surface area contributed by atoms with Gasteiger partial charge in [0.15, 0.2) is 0 Å². The SMILES string of the molecule is CC(C(=O)N(CCO)Cc1cncn1C)C1CCCCC1. The highest BCUT2D eigenvalue weighted by molar-refractivity contribution is 5.78. The molecule has 1 fully saturated rings. The van der Waals surface area contributed by atoms with Gasteiger partial charge in [0.05, 0.1) is 25.2 Å². The van der Waals surface area contributed by atoms with Gasteiger partial charge in [-0.15, -0.1) is 0 Å². The highest BCUT2D eigenvalue weighted by Gasteiger charge is 2.29. The number of amides is 1. The first-order valence-corrected chi connectivity index (χ1v) is 7.98. The lowest BCUT2D eigenvalue weighted by Crippen LogP contribution is -2.40. The molecular weight excluding hydrogens is 266 g/mol. The largest absolute Gasteiger partial charge is 0.395 e. The molecule has 1 N–H and O–H groups in total. The molecule has 5 nitrogen and oxygen atoms in total. The lowest BCUT2D eigenvalue weighted by molar-refractivity contribution is -0.138. The normalized spacial score (nSPS) is 17.7. The number of nitrogens with zero attached hydrogens (tertiary/aromatic N) is 3. The predicted molar refractivity (Wildman–Crippen MR) is 81.4 cm³/mol. The Kier molecular flexibility index (Phi) is 5.79. The van der Waals surface area contributed by atoms with Gasteiger partial charge < -0.3 is 14.6 Å². The number of hydrogen-bond acceptors (Lipinski definition) is 3. The van der Waals surface area contributed by atoms with Gasteiger partial charge in [0, 0.05) is 25.7 Å². The van der Waals surface area contributed by atoms with Gasteiger partial charge in [-0.2, -0.15) is 0 Å². The van der Waals surface area contributed by atoms with Crippen LogP contribution in [0.1, 0.15) is 44.7 Å². The van der Waals surface area contributed by atoms with Crippen molar-refractivity contribution in [3.05, 3.63) is 18.2 Å². The summed E-state index contributed by atoms with van der Waals surface area (Å²) in [6, 6.07) is 0. The summed E-state index contributed by atoms with van der Waals surface area (Å²) < 4.78 is 1.92. The summed E-state index contributed by atoms with van der Waals surface area (Å²) in [7, 11) is 1.93. The van der Waals surface area contributed by atoms with Crippen LogP contribution in [0, 0.1) is 11.8 Å². The van der Waals surface area contributed by atoms with E-state index in [0.717, 1.165) is 18.5 Å². The summed E-state index contributed by atoms with van der Waals surface area (Å²) in [5.74, 6) is 0.709. The van der Waals surface area contributed by atoms with Crippen LogP contribution in [0.25, 0.3) is 0 Å². The highest BCUT2D eigenvalue weighted by Crippen LogP contribution is 2.31. The number of imidazole rings is 1. The fraction of sp³-hybridized carbons (Fsp3) is 0.750. The Labute approximate surface area is 127 Å². The number of carbonyl (C=O) groups excluding carboxylic acids is 1. The fourth-order valence-electron chi connectivity index (χ4n) is 3.24. The third-order valence-corrected chi connectivity index (χ3v) is 4.70. The van der Waals surface area contributed by atoms with Gasteiger partial charge in [0.2, 0.25) is 5.91 Å². The molecular formula is C16H27N3O2. The van der Waals surface area contributed by atoms with Crippen molar-refractivity contribution in [2.45, 2.75) is 45.6 Å². The molecule has 2 rings (SSSR count). The molecule has 1 heterocycles. The van der Waals surface area contributed by atoms with Crippen LogP contribution in [0.2, 0.25) is 0 Å². The van der Waals surface area contributed by atoms with Crippen LogP contribution in [-0.4, -0.2) is 38.6 Å². The standard InChI is InChI=1S/C16H27N3O2/c1-13(14-6-4-3-5-7-14)16(21)19(8-9-20)11-15-10-17-12-18(15)2/h10,12-14,20H,3-9,11H2,1-2H3. The molecule has 118 valence electrons. The Bertz CT molecular complexity index is 452. The van der Waals surface area contributed by atoms with Crippen molar-refractivity contribution in [3.63, 3.8) is 0 Å². The molecule has 1 aliphatic rings. The molecule has 0 aliphatic heterocycles. The van der Waals surface area contributed by atoms with Crippen LogP contribution in [0.3, 0.4) is 0 Å². The van der Waals surface area contributed by atoms with Gasteiger partial charge in [-0.05, 0) is 18.8 Å². The molecule has 0 aromatic carbocycles. The Balaban J connectivity index is 2.02. The van der Waals surface area contributed by atoms with Crippen LogP contribution >= 0.6 is 0 Å². The number of aliphatic hydroxyl groups excluding tert-OH is 1. The fourth-order valence-corrected chi connectivity index (χ4v) is 3.24. The number of carbonyl (C=O) groups is 1. The second-order valence-corrected chi connectivity index (χ2v) is 6.17. The third kappa shape index (κ3) is 4.06. The highest BCUT2D eigenvalue weighted by atomic mass is 16.3. The van der Waals surface area contributed by atoms with E-state index in [-0.39, 0.29) is 18.4 Å². The predicted octanol–water partition coefficient (Wildman–Crippen LogP) is 1.96. The van der Waals surface area contributed by atoms with E-state index in [2.05, 4.69) is 4.98 Å². The maximum Gasteiger partial charge on any atom is 0.226 e. The first kappa shape index (κ1) is 16.0. The summed E-state index contributed by atoms with van der Waals surface area (Å²) in [5, 5.41) is 9.26. The van der Waals surface area contributed by atoms with Crippen molar-refractivity contribution < 1.29 is 9.90 Å². The number of hydrogen-bond donors (Lipinski definition) is 1. The molecule has 0 bridgehead atoms. The first-order chi connectivity index (χ1) is 10.1. The molecule has 1 saturated carbocycles. The quantitative estimate of drug-likeness (QED) is 0.872. The topological polar surface area (TPSA) is 58.4 Å². The van der Waals surface area contributed by atoms with Crippen LogP contribution in [0.4, 0.5) is 0 Å². The van der Waals surface area contributed by atoms with Crippen LogP contribution in [-0.2, 0) is 18.4 Å². The maximum absolute atomic E-state index is 12.8. The second-order valence-electron chi connectivity index (χ2n) is 6.17. The van der Waals surface area contributed by atoms with Crippen molar-refractivity contribution in [1.29, 1.82) is 0 Å². The van der Waals surface area contributed by atoms with E-state index in [1.807, 2.05) is 18.5 Å². The van der Waals surface area contributed by atoms with Gasteiger partial charge in [0.1, 0.15) is 0 Å². The second kappa shape index (κ2) is 7.59. The Morgan fingerprint density at radius 2 is 2.19 bits per heavy atom. The van der Waals surface area contributed by atoms with E-state index >= 15 is 0 Å². The van der Waals surface area contributed by atoms with E-state index in [0.29, 0.717) is 19.0 Å². The number of aryl methyl sites for hydroxylation is 1. The van der Waals surface area contributed by atoms with Crippen molar-refractivity contribution in [1.82, 2.24) is 14.5 Å². The molecule has 1 amide bonds. The Morgan fingerprint density at radius 1 is 1.48 bits per heavy atom. The van der Waals surface area contributed by atoms with E-state index in [1.165, 1.54) is 19.3 Å². The summed E-state index contributed by atoms with van der Waals surface area (Å²) in [4.78, 5) is 18.6. The first-order valence-electron chi connectivity index (χ1n) is 7.98. The molecule has 1 unspecified atom stereocenters. The molecule has 1 aromatic heterocycles. The van der Waals surface area contributed by atoms with Crippen molar-refractivity contribution in [2.75, 3.05) is 13.2 Å². The molecule has 1 aromatic rings. The van der Waals surface area contributed by atoms with E-state index < -0.39 is 0 Å². The van der Waals surface area contributed by atoms with Crippen molar-refractivity contribution in [2.24, 2.45) is 18.9 Å². The monoisotopic (exact) mass is 293 g/mol. The zero-order valence-electron chi connectivity index (χ0n) is 13.2. The summed E-state index contributed by atoms with van der Waals surface area (Å²) in [6.45, 7) is 2.96. The van der Waals surface area contributed by atoms with Crippen molar-refractivity contribution >= 4 is 5.91 Å².